The van der Waals surface area contributed by atoms with Crippen LogP contribution >= 0.6 is 27.3 Å². The summed E-state index contributed by atoms with van der Waals surface area (Å²) in [6.45, 7) is 4.92. The van der Waals surface area contributed by atoms with Crippen molar-refractivity contribution in [3.8, 4) is 0 Å². The summed E-state index contributed by atoms with van der Waals surface area (Å²) in [7, 11) is 0. The molecule has 0 bridgehead atoms. The lowest BCUT2D eigenvalue weighted by Gasteiger charge is -2.18. The van der Waals surface area contributed by atoms with E-state index in [1.54, 1.807) is 17.4 Å². The first-order chi connectivity index (χ1) is 9.52. The lowest BCUT2D eigenvalue weighted by molar-refractivity contribution is 0.503. The molecule has 108 valence electrons. The van der Waals surface area contributed by atoms with Crippen LogP contribution in [-0.2, 0) is 0 Å². The van der Waals surface area contributed by atoms with E-state index in [0.717, 1.165) is 27.9 Å². The van der Waals surface area contributed by atoms with Crippen molar-refractivity contribution >= 4 is 27.3 Å². The molecule has 0 radical (unpaired) electrons. The molecule has 2 rings (SSSR count). The van der Waals surface area contributed by atoms with Crippen LogP contribution in [0.1, 0.15) is 34.7 Å². The molecule has 1 unspecified atom stereocenters. The minimum atomic E-state index is -0.813. The summed E-state index contributed by atoms with van der Waals surface area (Å²) in [5.74, 6) is -1.62. The molecule has 1 nitrogen and oxygen atoms in total. The second-order valence-electron chi connectivity index (χ2n) is 4.61. The van der Waals surface area contributed by atoms with Gasteiger partial charge in [0.1, 0.15) is 0 Å². The molecule has 1 heterocycles. The summed E-state index contributed by atoms with van der Waals surface area (Å²) in [4.78, 5) is 2.26. The van der Waals surface area contributed by atoms with Gasteiger partial charge in [0, 0.05) is 14.2 Å². The highest BCUT2D eigenvalue weighted by molar-refractivity contribution is 9.10. The monoisotopic (exact) mass is 359 g/mol. The van der Waals surface area contributed by atoms with E-state index in [4.69, 9.17) is 0 Å². The topological polar surface area (TPSA) is 12.0 Å². The van der Waals surface area contributed by atoms with Crippen molar-refractivity contribution in [3.63, 3.8) is 0 Å². The van der Waals surface area contributed by atoms with Crippen LogP contribution in [0, 0.1) is 18.6 Å². The molecule has 0 saturated heterocycles. The number of nitrogens with one attached hydrogen (secondary N) is 1. The summed E-state index contributed by atoms with van der Waals surface area (Å²) < 4.78 is 27.6. The number of aryl methyl sites for hydroxylation is 1. The summed E-state index contributed by atoms with van der Waals surface area (Å²) >= 11 is 5.15. The maximum absolute atomic E-state index is 13.5. The quantitative estimate of drug-likeness (QED) is 0.774. The van der Waals surface area contributed by atoms with Gasteiger partial charge in [0.2, 0.25) is 0 Å². The van der Waals surface area contributed by atoms with E-state index >= 15 is 0 Å². The van der Waals surface area contributed by atoms with Gasteiger partial charge in [0.25, 0.3) is 0 Å². The molecule has 20 heavy (non-hydrogen) atoms. The van der Waals surface area contributed by atoms with Gasteiger partial charge < -0.3 is 5.32 Å². The first kappa shape index (κ1) is 15.6. The fourth-order valence-corrected chi connectivity index (χ4v) is 3.65. The molecule has 5 heteroatoms. The highest BCUT2D eigenvalue weighted by Gasteiger charge is 2.18. The Bertz CT molecular complexity index is 578. The summed E-state index contributed by atoms with van der Waals surface area (Å²) in [5, 5.41) is 3.39. The van der Waals surface area contributed by atoms with Gasteiger partial charge in [-0.2, -0.15) is 0 Å². The van der Waals surface area contributed by atoms with Crippen LogP contribution < -0.4 is 5.32 Å². The zero-order valence-electron chi connectivity index (χ0n) is 11.3. The molecule has 1 atom stereocenters. The smallest absolute Gasteiger partial charge is 0.159 e. The lowest BCUT2D eigenvalue weighted by atomic mass is 10.0. The number of hydrogen-bond donors (Lipinski definition) is 1. The van der Waals surface area contributed by atoms with Crippen LogP contribution in [0.25, 0.3) is 0 Å². The zero-order valence-corrected chi connectivity index (χ0v) is 13.7. The average molecular weight is 360 g/mol. The Hall–Kier alpha value is -0.780. The molecule has 0 spiro atoms. The van der Waals surface area contributed by atoms with Crippen molar-refractivity contribution in [3.05, 3.63) is 55.7 Å². The summed E-state index contributed by atoms with van der Waals surface area (Å²) in [5.41, 5.74) is 0.742. The van der Waals surface area contributed by atoms with Crippen LogP contribution in [-0.4, -0.2) is 6.54 Å². The zero-order chi connectivity index (χ0) is 14.7. The highest BCUT2D eigenvalue weighted by atomic mass is 79.9. The van der Waals surface area contributed by atoms with Gasteiger partial charge in [-0.25, -0.2) is 8.78 Å². The van der Waals surface area contributed by atoms with E-state index < -0.39 is 11.6 Å². The molecule has 1 N–H and O–H groups in total. The van der Waals surface area contributed by atoms with Crippen molar-refractivity contribution < 1.29 is 8.78 Å². The van der Waals surface area contributed by atoms with E-state index in [1.807, 2.05) is 13.0 Å². The first-order valence-electron chi connectivity index (χ1n) is 6.47. The molecule has 0 fully saturated rings. The van der Waals surface area contributed by atoms with Crippen molar-refractivity contribution in [1.29, 1.82) is 0 Å². The molecule has 1 aromatic carbocycles. The average Bonchev–Trinajstić information content (AvgIpc) is 2.74. The fraction of sp³-hybridized carbons (Fsp3) is 0.333. The number of hydrogen-bond acceptors (Lipinski definition) is 2. The van der Waals surface area contributed by atoms with E-state index in [0.29, 0.717) is 0 Å². The minimum absolute atomic E-state index is 0.111. The van der Waals surface area contributed by atoms with E-state index in [9.17, 15) is 8.78 Å². The Balaban J connectivity index is 2.38. The van der Waals surface area contributed by atoms with Gasteiger partial charge in [-0.1, -0.05) is 13.0 Å². The van der Waals surface area contributed by atoms with E-state index in [2.05, 4.69) is 28.2 Å². The first-order valence-corrected chi connectivity index (χ1v) is 8.08. The van der Waals surface area contributed by atoms with Crippen LogP contribution in [0.15, 0.2) is 28.7 Å². The molecular weight excluding hydrogens is 344 g/mol. The maximum atomic E-state index is 13.5. The van der Waals surface area contributed by atoms with Gasteiger partial charge in [-0.15, -0.1) is 11.3 Å². The molecule has 0 saturated carbocycles. The Morgan fingerprint density at radius 1 is 1.25 bits per heavy atom. The standard InChI is InChI=1S/C15H16BrF2NS/c1-3-6-19-15(14-8-11(16)9(2)20-14)10-4-5-12(17)13(18)7-10/h4-5,7-8,15,19H,3,6H2,1-2H3. The van der Waals surface area contributed by atoms with Crippen LogP contribution in [0.4, 0.5) is 8.78 Å². The highest BCUT2D eigenvalue weighted by Crippen LogP contribution is 2.34. The predicted octanol–water partition coefficient (Wildman–Crippen LogP) is 5.19. The van der Waals surface area contributed by atoms with Crippen LogP contribution in [0.3, 0.4) is 0 Å². The minimum Gasteiger partial charge on any atom is -0.306 e. The number of rotatable bonds is 5. The number of halogens is 3. The predicted molar refractivity (Wildman–Crippen MR) is 83.3 cm³/mol. The Kier molecular flexibility index (Phi) is 5.29. The molecule has 1 aromatic heterocycles. The van der Waals surface area contributed by atoms with Gasteiger partial charge >= 0.3 is 0 Å². The van der Waals surface area contributed by atoms with Gasteiger partial charge in [-0.3, -0.25) is 0 Å². The third-order valence-electron chi connectivity index (χ3n) is 3.04. The Morgan fingerprint density at radius 2 is 2.00 bits per heavy atom. The van der Waals surface area contributed by atoms with Crippen LogP contribution in [0.5, 0.6) is 0 Å². The second-order valence-corrected chi connectivity index (χ2v) is 6.76. The largest absolute Gasteiger partial charge is 0.306 e. The van der Waals surface area contributed by atoms with Crippen molar-refractivity contribution in [1.82, 2.24) is 5.32 Å². The molecule has 2 aromatic rings. The summed E-state index contributed by atoms with van der Waals surface area (Å²) in [6.07, 6.45) is 0.978. The van der Waals surface area contributed by atoms with E-state index in [-0.39, 0.29) is 6.04 Å². The Labute approximate surface area is 130 Å². The normalized spacial score (nSPS) is 12.7. The summed E-state index contributed by atoms with van der Waals surface area (Å²) in [6, 6.07) is 6.01. The Morgan fingerprint density at radius 3 is 2.55 bits per heavy atom. The third kappa shape index (κ3) is 3.45. The van der Waals surface area contributed by atoms with Gasteiger partial charge in [-0.05, 0) is 59.6 Å². The maximum Gasteiger partial charge on any atom is 0.159 e. The molecule has 0 amide bonds. The second kappa shape index (κ2) is 6.78. The molecule has 0 aliphatic carbocycles. The van der Waals surface area contributed by atoms with E-state index in [1.165, 1.54) is 17.0 Å². The third-order valence-corrected chi connectivity index (χ3v) is 5.24. The SMILES string of the molecule is CCCNC(c1ccc(F)c(F)c1)c1cc(Br)c(C)s1. The molecule has 0 aliphatic rings. The van der Waals surface area contributed by atoms with Crippen molar-refractivity contribution in [2.24, 2.45) is 0 Å². The van der Waals surface area contributed by atoms with Crippen molar-refractivity contribution in [2.75, 3.05) is 6.54 Å². The molecule has 0 aliphatic heterocycles. The van der Waals surface area contributed by atoms with Gasteiger partial charge in [0.15, 0.2) is 11.6 Å². The number of thiophene rings is 1. The van der Waals surface area contributed by atoms with Gasteiger partial charge in [0.05, 0.1) is 6.04 Å². The fourth-order valence-electron chi connectivity index (χ4n) is 1.99. The molecular formula is C15H16BrF2NS. The van der Waals surface area contributed by atoms with Crippen molar-refractivity contribution in [2.45, 2.75) is 26.3 Å². The van der Waals surface area contributed by atoms with Crippen LogP contribution in [0.2, 0.25) is 0 Å². The number of benzene rings is 1. The lowest BCUT2D eigenvalue weighted by Crippen LogP contribution is -2.22.